The lowest BCUT2D eigenvalue weighted by atomic mass is 9.85. The molecule has 22 heavy (non-hydrogen) atoms. The van der Waals surface area contributed by atoms with Crippen molar-refractivity contribution in [2.24, 2.45) is 11.7 Å². The summed E-state index contributed by atoms with van der Waals surface area (Å²) >= 11 is 0. The molecule has 5 nitrogen and oxygen atoms in total. The monoisotopic (exact) mass is 326 g/mol. The number of aryl methyl sites for hydroxylation is 1. The quantitative estimate of drug-likeness (QED) is 0.837. The fourth-order valence-electron chi connectivity index (χ4n) is 2.79. The zero-order valence-corrected chi connectivity index (χ0v) is 13.7. The van der Waals surface area contributed by atoms with Crippen LogP contribution in [0.15, 0.2) is 18.2 Å². The van der Waals surface area contributed by atoms with Crippen LogP contribution < -0.4 is 11.1 Å². The summed E-state index contributed by atoms with van der Waals surface area (Å²) in [5.74, 6) is -0.381. The topological polar surface area (TPSA) is 81.4 Å². The van der Waals surface area contributed by atoms with Crippen molar-refractivity contribution in [1.29, 1.82) is 0 Å². The van der Waals surface area contributed by atoms with Gasteiger partial charge in [0.05, 0.1) is 12.7 Å². The second-order valence-corrected chi connectivity index (χ2v) is 5.63. The Bertz CT molecular complexity index is 548. The van der Waals surface area contributed by atoms with Crippen molar-refractivity contribution in [3.8, 4) is 0 Å². The summed E-state index contributed by atoms with van der Waals surface area (Å²) in [4.78, 5) is 23.8. The van der Waals surface area contributed by atoms with Crippen LogP contribution in [0.25, 0.3) is 0 Å². The number of methoxy groups -OCH3 is 1. The first-order valence-electron chi connectivity index (χ1n) is 7.26. The highest BCUT2D eigenvalue weighted by atomic mass is 35.5. The molecule has 1 saturated carbocycles. The summed E-state index contributed by atoms with van der Waals surface area (Å²) in [6, 6.07) is 5.30. The van der Waals surface area contributed by atoms with E-state index in [2.05, 4.69) is 5.32 Å². The maximum atomic E-state index is 12.2. The Labute approximate surface area is 137 Å². The number of nitrogens with two attached hydrogens (primary N) is 1. The van der Waals surface area contributed by atoms with Crippen LogP contribution in [0.1, 0.15) is 41.6 Å². The predicted octanol–water partition coefficient (Wildman–Crippen LogP) is 2.66. The van der Waals surface area contributed by atoms with E-state index in [1.165, 1.54) is 7.11 Å². The van der Waals surface area contributed by atoms with Crippen LogP contribution in [-0.2, 0) is 9.53 Å². The molecule has 1 aliphatic rings. The van der Waals surface area contributed by atoms with Gasteiger partial charge in [0.25, 0.3) is 0 Å². The van der Waals surface area contributed by atoms with Gasteiger partial charge in [-0.05, 0) is 49.9 Å². The molecule has 0 saturated heterocycles. The molecule has 1 amide bonds. The van der Waals surface area contributed by atoms with Crippen LogP contribution in [-0.4, -0.2) is 25.0 Å². The number of carbonyl (C=O) groups is 2. The largest absolute Gasteiger partial charge is 0.465 e. The van der Waals surface area contributed by atoms with Gasteiger partial charge in [0.15, 0.2) is 0 Å². The Balaban J connectivity index is 0.00000242. The summed E-state index contributed by atoms with van der Waals surface area (Å²) < 4.78 is 4.70. The molecule has 1 aromatic rings. The molecule has 0 radical (unpaired) electrons. The lowest BCUT2D eigenvalue weighted by molar-refractivity contribution is -0.120. The molecule has 1 fully saturated rings. The minimum atomic E-state index is -0.372. The second-order valence-electron chi connectivity index (χ2n) is 5.63. The highest BCUT2D eigenvalue weighted by molar-refractivity contribution is 5.95. The third kappa shape index (κ3) is 4.45. The van der Waals surface area contributed by atoms with Crippen LogP contribution in [0.2, 0.25) is 0 Å². The number of carbonyl (C=O) groups excluding carboxylic acids is 2. The van der Waals surface area contributed by atoms with Gasteiger partial charge in [0.2, 0.25) is 5.91 Å². The minimum absolute atomic E-state index is 0. The van der Waals surface area contributed by atoms with Crippen molar-refractivity contribution in [3.63, 3.8) is 0 Å². The van der Waals surface area contributed by atoms with Gasteiger partial charge in [-0.25, -0.2) is 4.79 Å². The first kappa shape index (κ1) is 18.5. The Morgan fingerprint density at radius 1 is 1.32 bits per heavy atom. The Morgan fingerprint density at radius 2 is 2.05 bits per heavy atom. The number of halogens is 1. The summed E-state index contributed by atoms with van der Waals surface area (Å²) in [5.41, 5.74) is 7.90. The number of anilines is 1. The van der Waals surface area contributed by atoms with Gasteiger partial charge >= 0.3 is 5.97 Å². The highest BCUT2D eigenvalue weighted by Crippen LogP contribution is 2.25. The molecule has 0 aromatic heterocycles. The molecule has 3 N–H and O–H groups in total. The molecule has 0 heterocycles. The van der Waals surface area contributed by atoms with Crippen molar-refractivity contribution in [3.05, 3.63) is 29.3 Å². The van der Waals surface area contributed by atoms with E-state index in [1.54, 1.807) is 18.2 Å². The van der Waals surface area contributed by atoms with Crippen molar-refractivity contribution < 1.29 is 14.3 Å². The number of ether oxygens (including phenoxy) is 1. The Hall–Kier alpha value is -1.59. The van der Waals surface area contributed by atoms with Crippen molar-refractivity contribution >= 4 is 30.0 Å². The first-order chi connectivity index (χ1) is 10.0. The SMILES string of the molecule is COC(=O)c1ccc(NC(=O)C2CCCC(N)C2)cc1C.Cl. The van der Waals surface area contributed by atoms with Crippen LogP contribution in [0.4, 0.5) is 5.69 Å². The number of rotatable bonds is 3. The number of benzene rings is 1. The van der Waals surface area contributed by atoms with Crippen molar-refractivity contribution in [1.82, 2.24) is 0 Å². The standard InChI is InChI=1S/C16H22N2O3.ClH/c1-10-8-13(6-7-14(10)16(20)21-2)18-15(19)11-4-3-5-12(17)9-11;/h6-8,11-12H,3-5,9,17H2,1-2H3,(H,18,19);1H. The predicted molar refractivity (Wildman–Crippen MR) is 88.3 cm³/mol. The highest BCUT2D eigenvalue weighted by Gasteiger charge is 2.25. The van der Waals surface area contributed by atoms with Crippen molar-refractivity contribution in [2.75, 3.05) is 12.4 Å². The molecular weight excluding hydrogens is 304 g/mol. The number of hydrogen-bond donors (Lipinski definition) is 2. The molecule has 6 heteroatoms. The van der Waals surface area contributed by atoms with Crippen LogP contribution in [0, 0.1) is 12.8 Å². The maximum Gasteiger partial charge on any atom is 0.338 e. The molecule has 1 aliphatic carbocycles. The fraction of sp³-hybridized carbons (Fsp3) is 0.500. The molecule has 2 unspecified atom stereocenters. The van der Waals surface area contributed by atoms with E-state index in [9.17, 15) is 9.59 Å². The number of nitrogens with one attached hydrogen (secondary N) is 1. The normalized spacial score (nSPS) is 20.7. The number of amides is 1. The number of esters is 1. The Morgan fingerprint density at radius 3 is 2.64 bits per heavy atom. The third-order valence-corrected chi connectivity index (χ3v) is 3.98. The molecule has 122 valence electrons. The molecule has 0 spiro atoms. The van der Waals surface area contributed by atoms with E-state index < -0.39 is 0 Å². The van der Waals surface area contributed by atoms with Gasteiger partial charge < -0.3 is 15.8 Å². The van der Waals surface area contributed by atoms with E-state index in [0.29, 0.717) is 11.3 Å². The molecule has 2 rings (SSSR count). The zero-order chi connectivity index (χ0) is 15.4. The number of hydrogen-bond acceptors (Lipinski definition) is 4. The zero-order valence-electron chi connectivity index (χ0n) is 12.9. The summed E-state index contributed by atoms with van der Waals surface area (Å²) in [6.07, 6.45) is 3.63. The summed E-state index contributed by atoms with van der Waals surface area (Å²) in [7, 11) is 1.35. The van der Waals surface area contributed by atoms with E-state index in [1.807, 2.05) is 6.92 Å². The van der Waals surface area contributed by atoms with Crippen molar-refractivity contribution in [2.45, 2.75) is 38.6 Å². The minimum Gasteiger partial charge on any atom is -0.465 e. The van der Waals surface area contributed by atoms with Crippen LogP contribution in [0.3, 0.4) is 0 Å². The average molecular weight is 327 g/mol. The van der Waals surface area contributed by atoms with Gasteiger partial charge in [-0.15, -0.1) is 12.4 Å². The maximum absolute atomic E-state index is 12.2. The second kappa shape index (κ2) is 8.15. The average Bonchev–Trinajstić information content (AvgIpc) is 2.46. The lowest BCUT2D eigenvalue weighted by Gasteiger charge is -2.25. The van der Waals surface area contributed by atoms with Gasteiger partial charge in [-0.2, -0.15) is 0 Å². The summed E-state index contributed by atoms with van der Waals surface area (Å²) in [6.45, 7) is 1.82. The van der Waals surface area contributed by atoms with E-state index in [-0.39, 0.29) is 36.2 Å². The summed E-state index contributed by atoms with van der Waals surface area (Å²) in [5, 5.41) is 2.91. The third-order valence-electron chi connectivity index (χ3n) is 3.98. The van der Waals surface area contributed by atoms with E-state index in [4.69, 9.17) is 10.5 Å². The Kier molecular flexibility index (Phi) is 6.84. The van der Waals surface area contributed by atoms with Gasteiger partial charge in [0, 0.05) is 17.6 Å². The fourth-order valence-corrected chi connectivity index (χ4v) is 2.79. The molecule has 1 aromatic carbocycles. The molecular formula is C16H23ClN2O3. The van der Waals surface area contributed by atoms with Gasteiger partial charge in [-0.3, -0.25) is 4.79 Å². The van der Waals surface area contributed by atoms with Crippen LogP contribution in [0.5, 0.6) is 0 Å². The first-order valence-corrected chi connectivity index (χ1v) is 7.26. The van der Waals surface area contributed by atoms with E-state index >= 15 is 0 Å². The van der Waals surface area contributed by atoms with E-state index in [0.717, 1.165) is 31.2 Å². The van der Waals surface area contributed by atoms with Gasteiger partial charge in [0.1, 0.15) is 0 Å². The molecule has 0 aliphatic heterocycles. The van der Waals surface area contributed by atoms with Gasteiger partial charge in [-0.1, -0.05) is 6.42 Å². The smallest absolute Gasteiger partial charge is 0.338 e. The van der Waals surface area contributed by atoms with Crippen LogP contribution >= 0.6 is 12.4 Å². The lowest BCUT2D eigenvalue weighted by Crippen LogP contribution is -2.34. The molecule has 0 bridgehead atoms. The molecule has 2 atom stereocenters.